The maximum absolute atomic E-state index is 12.2. The number of anilines is 1. The van der Waals surface area contributed by atoms with E-state index in [1.54, 1.807) is 17.5 Å². The molecule has 4 rings (SSSR count). The van der Waals surface area contributed by atoms with Crippen molar-refractivity contribution in [1.82, 2.24) is 14.8 Å². The third kappa shape index (κ3) is 4.81. The number of hydrogen-bond acceptors (Lipinski definition) is 5. The van der Waals surface area contributed by atoms with Crippen LogP contribution in [-0.2, 0) is 16.1 Å². The summed E-state index contributed by atoms with van der Waals surface area (Å²) in [5, 5.41) is 15.9. The summed E-state index contributed by atoms with van der Waals surface area (Å²) < 4.78 is 0. The highest BCUT2D eigenvalue weighted by atomic mass is 32.1. The molecule has 1 fully saturated rings. The molecule has 1 aliphatic rings. The highest BCUT2D eigenvalue weighted by molar-refractivity contribution is 7.09. The number of carbonyl (C=O) groups is 2. The van der Waals surface area contributed by atoms with Gasteiger partial charge < -0.3 is 15.4 Å². The number of piperazine rings is 1. The Morgan fingerprint density at radius 1 is 1.19 bits per heavy atom. The first-order valence-corrected chi connectivity index (χ1v) is 11.4. The van der Waals surface area contributed by atoms with Crippen molar-refractivity contribution in [3.05, 3.63) is 52.3 Å². The third-order valence-electron chi connectivity index (χ3n) is 5.77. The van der Waals surface area contributed by atoms with Gasteiger partial charge >= 0.3 is 5.97 Å². The van der Waals surface area contributed by atoms with E-state index in [9.17, 15) is 14.7 Å². The van der Waals surface area contributed by atoms with Gasteiger partial charge in [0.15, 0.2) is 0 Å². The Kier molecular flexibility index (Phi) is 6.41. The minimum absolute atomic E-state index is 0.0463. The summed E-state index contributed by atoms with van der Waals surface area (Å²) in [6.45, 7) is 7.71. The van der Waals surface area contributed by atoms with Crippen molar-refractivity contribution in [2.75, 3.05) is 31.5 Å². The SMILES string of the molecule is CC(C)C(=O)Nc1ccc2c([C@H](C(=O)O)N3CCN(Cc4cccs4)CC3)c[nH]c2c1. The first-order chi connectivity index (χ1) is 14.9. The number of benzene rings is 1. The first kappa shape index (κ1) is 21.5. The normalized spacial score (nSPS) is 16.6. The molecule has 2 aromatic heterocycles. The number of carboxylic acids is 1. The minimum atomic E-state index is -0.843. The van der Waals surface area contributed by atoms with Crippen LogP contribution in [-0.4, -0.2) is 57.9 Å². The number of hydrogen-bond donors (Lipinski definition) is 3. The molecule has 31 heavy (non-hydrogen) atoms. The van der Waals surface area contributed by atoms with Crippen molar-refractivity contribution in [3.63, 3.8) is 0 Å². The zero-order valence-electron chi connectivity index (χ0n) is 17.8. The van der Waals surface area contributed by atoms with E-state index in [0.29, 0.717) is 18.8 Å². The molecule has 0 saturated carbocycles. The summed E-state index contributed by atoms with van der Waals surface area (Å²) in [6.07, 6.45) is 1.79. The van der Waals surface area contributed by atoms with Crippen molar-refractivity contribution in [1.29, 1.82) is 0 Å². The Morgan fingerprint density at radius 3 is 2.61 bits per heavy atom. The average Bonchev–Trinajstić information content (AvgIpc) is 3.39. The molecule has 3 heterocycles. The van der Waals surface area contributed by atoms with Crippen molar-refractivity contribution < 1.29 is 14.7 Å². The van der Waals surface area contributed by atoms with Gasteiger partial charge in [0.2, 0.25) is 5.91 Å². The maximum Gasteiger partial charge on any atom is 0.325 e. The van der Waals surface area contributed by atoms with Crippen molar-refractivity contribution in [3.8, 4) is 0 Å². The number of nitrogens with zero attached hydrogens (tertiary/aromatic N) is 2. The fraction of sp³-hybridized carbons (Fsp3) is 0.391. The van der Waals surface area contributed by atoms with Crippen LogP contribution in [0.2, 0.25) is 0 Å². The Hall–Kier alpha value is -2.68. The number of thiophene rings is 1. The molecule has 0 unspecified atom stereocenters. The van der Waals surface area contributed by atoms with E-state index in [4.69, 9.17) is 0 Å². The van der Waals surface area contributed by atoms with E-state index in [2.05, 4.69) is 32.7 Å². The fourth-order valence-corrected chi connectivity index (χ4v) is 4.77. The van der Waals surface area contributed by atoms with Crippen LogP contribution < -0.4 is 5.32 Å². The van der Waals surface area contributed by atoms with E-state index < -0.39 is 12.0 Å². The zero-order valence-corrected chi connectivity index (χ0v) is 18.6. The second-order valence-electron chi connectivity index (χ2n) is 8.28. The van der Waals surface area contributed by atoms with Crippen molar-refractivity contribution in [2.45, 2.75) is 26.4 Å². The molecular formula is C23H28N4O3S. The lowest BCUT2D eigenvalue weighted by atomic mass is 10.0. The molecule has 3 aromatic rings. The van der Waals surface area contributed by atoms with Gasteiger partial charge in [-0.3, -0.25) is 19.4 Å². The second kappa shape index (κ2) is 9.21. The van der Waals surface area contributed by atoms with E-state index in [1.165, 1.54) is 4.88 Å². The number of aliphatic carboxylic acids is 1. The molecule has 0 spiro atoms. The zero-order chi connectivity index (χ0) is 22.0. The summed E-state index contributed by atoms with van der Waals surface area (Å²) in [6, 6.07) is 9.08. The van der Waals surface area contributed by atoms with Gasteiger partial charge in [0, 0.05) is 71.9 Å². The van der Waals surface area contributed by atoms with Crippen LogP contribution in [0.4, 0.5) is 5.69 Å². The monoisotopic (exact) mass is 440 g/mol. The predicted molar refractivity (Wildman–Crippen MR) is 123 cm³/mol. The standard InChI is InChI=1S/C23H28N4O3S/c1-15(2)22(28)25-16-5-6-18-19(13-24-20(18)12-16)21(23(29)30)27-9-7-26(8-10-27)14-17-4-3-11-31-17/h3-6,11-13,15,21,24H,7-10,14H2,1-2H3,(H,25,28)(H,29,30)/t21-/m1/s1. The molecule has 164 valence electrons. The number of H-pyrrole nitrogens is 1. The molecule has 3 N–H and O–H groups in total. The average molecular weight is 441 g/mol. The molecule has 0 radical (unpaired) electrons. The number of aromatic nitrogens is 1. The van der Waals surface area contributed by atoms with Gasteiger partial charge in [0.25, 0.3) is 0 Å². The quantitative estimate of drug-likeness (QED) is 0.521. The molecule has 1 amide bonds. The van der Waals surface area contributed by atoms with Crippen LogP contribution in [0.15, 0.2) is 41.9 Å². The van der Waals surface area contributed by atoms with E-state index in [0.717, 1.165) is 36.1 Å². The lowest BCUT2D eigenvalue weighted by Gasteiger charge is -2.37. The summed E-state index contributed by atoms with van der Waals surface area (Å²) in [5.41, 5.74) is 2.28. The van der Waals surface area contributed by atoms with Gasteiger partial charge in [-0.25, -0.2) is 0 Å². The summed E-state index contributed by atoms with van der Waals surface area (Å²) in [7, 11) is 0. The summed E-state index contributed by atoms with van der Waals surface area (Å²) in [4.78, 5) is 33.2. The smallest absolute Gasteiger partial charge is 0.325 e. The molecule has 0 bridgehead atoms. The number of carboxylic acid groups (broad SMARTS) is 1. The Bertz CT molecular complexity index is 1050. The van der Waals surface area contributed by atoms with E-state index in [-0.39, 0.29) is 11.8 Å². The molecule has 8 heteroatoms. The largest absolute Gasteiger partial charge is 0.480 e. The van der Waals surface area contributed by atoms with Crippen LogP contribution in [0.3, 0.4) is 0 Å². The number of nitrogens with one attached hydrogen (secondary N) is 2. The molecule has 1 atom stereocenters. The van der Waals surface area contributed by atoms with Crippen LogP contribution in [0, 0.1) is 5.92 Å². The minimum Gasteiger partial charge on any atom is -0.480 e. The van der Waals surface area contributed by atoms with Gasteiger partial charge in [-0.2, -0.15) is 0 Å². The van der Waals surface area contributed by atoms with Crippen LogP contribution in [0.5, 0.6) is 0 Å². The topological polar surface area (TPSA) is 88.7 Å². The van der Waals surface area contributed by atoms with Gasteiger partial charge in [-0.15, -0.1) is 11.3 Å². The second-order valence-corrected chi connectivity index (χ2v) is 9.31. The van der Waals surface area contributed by atoms with Gasteiger partial charge in [0.05, 0.1) is 0 Å². The summed E-state index contributed by atoms with van der Waals surface area (Å²) in [5.74, 6) is -0.996. The Labute approximate surface area is 185 Å². The first-order valence-electron chi connectivity index (χ1n) is 10.6. The molecular weight excluding hydrogens is 412 g/mol. The number of aromatic amines is 1. The lowest BCUT2D eigenvalue weighted by Crippen LogP contribution is -2.48. The van der Waals surface area contributed by atoms with Crippen LogP contribution in [0.25, 0.3) is 10.9 Å². The van der Waals surface area contributed by atoms with E-state index >= 15 is 0 Å². The van der Waals surface area contributed by atoms with Crippen molar-refractivity contribution >= 4 is 39.8 Å². The van der Waals surface area contributed by atoms with Gasteiger partial charge in [0.1, 0.15) is 6.04 Å². The van der Waals surface area contributed by atoms with Crippen LogP contribution in [0.1, 0.15) is 30.3 Å². The third-order valence-corrected chi connectivity index (χ3v) is 6.63. The van der Waals surface area contributed by atoms with E-state index in [1.807, 2.05) is 36.9 Å². The molecule has 1 aliphatic heterocycles. The number of carbonyl (C=O) groups excluding carboxylic acids is 1. The number of amides is 1. The molecule has 1 aromatic carbocycles. The Morgan fingerprint density at radius 2 is 1.97 bits per heavy atom. The summed E-state index contributed by atoms with van der Waals surface area (Å²) >= 11 is 1.75. The molecule has 0 aliphatic carbocycles. The Balaban J connectivity index is 1.49. The van der Waals surface area contributed by atoms with Crippen LogP contribution >= 0.6 is 11.3 Å². The number of fused-ring (bicyclic) bond motifs is 1. The maximum atomic E-state index is 12.2. The highest BCUT2D eigenvalue weighted by Gasteiger charge is 2.32. The molecule has 1 saturated heterocycles. The molecule has 7 nitrogen and oxygen atoms in total. The lowest BCUT2D eigenvalue weighted by molar-refractivity contribution is -0.144. The fourth-order valence-electron chi connectivity index (χ4n) is 4.03. The van der Waals surface area contributed by atoms with Gasteiger partial charge in [-0.1, -0.05) is 26.0 Å². The predicted octanol–water partition coefficient (Wildman–Crippen LogP) is 3.77. The highest BCUT2D eigenvalue weighted by Crippen LogP contribution is 2.31. The van der Waals surface area contributed by atoms with Gasteiger partial charge in [-0.05, 0) is 23.6 Å². The number of rotatable bonds is 7. The van der Waals surface area contributed by atoms with Crippen molar-refractivity contribution in [2.24, 2.45) is 5.92 Å².